The molecule has 5 heteroatoms. The van der Waals surface area contributed by atoms with E-state index < -0.39 is 0 Å². The van der Waals surface area contributed by atoms with E-state index in [4.69, 9.17) is 4.74 Å². The van der Waals surface area contributed by atoms with Gasteiger partial charge in [-0.05, 0) is 25.7 Å². The predicted molar refractivity (Wildman–Crippen MR) is 82.4 cm³/mol. The maximum atomic E-state index is 6.08. The number of aromatic nitrogens is 2. The topological polar surface area (TPSA) is 47.0 Å². The summed E-state index contributed by atoms with van der Waals surface area (Å²) in [5.41, 5.74) is 0.243. The Labute approximate surface area is 125 Å². The highest BCUT2D eigenvalue weighted by atomic mass is 32.1. The first-order valence-electron chi connectivity index (χ1n) is 7.71. The fraction of sp³-hybridized carbons (Fsp3) is 0.867. The minimum absolute atomic E-state index is 0.0833. The molecule has 1 aliphatic heterocycles. The van der Waals surface area contributed by atoms with Crippen LogP contribution in [0.15, 0.2) is 0 Å². The van der Waals surface area contributed by atoms with Gasteiger partial charge in [0, 0.05) is 18.1 Å². The Morgan fingerprint density at radius 1 is 1.25 bits per heavy atom. The molecule has 1 saturated carbocycles. The van der Waals surface area contributed by atoms with Crippen molar-refractivity contribution in [1.82, 2.24) is 10.2 Å². The number of ether oxygens (including phenoxy) is 1. The van der Waals surface area contributed by atoms with E-state index in [0.29, 0.717) is 6.04 Å². The van der Waals surface area contributed by atoms with E-state index in [1.54, 1.807) is 11.3 Å². The van der Waals surface area contributed by atoms with Crippen LogP contribution in [0.5, 0.6) is 0 Å². The maximum absolute atomic E-state index is 6.08. The lowest BCUT2D eigenvalue weighted by Gasteiger charge is -2.38. The summed E-state index contributed by atoms with van der Waals surface area (Å²) in [4.78, 5) is 0. The van der Waals surface area contributed by atoms with Crippen LogP contribution in [0.3, 0.4) is 0 Å². The first-order chi connectivity index (χ1) is 9.47. The summed E-state index contributed by atoms with van der Waals surface area (Å²) in [7, 11) is 0. The Morgan fingerprint density at radius 3 is 2.65 bits per heavy atom. The van der Waals surface area contributed by atoms with Crippen molar-refractivity contribution < 1.29 is 4.74 Å². The lowest BCUT2D eigenvalue weighted by Crippen LogP contribution is -2.42. The zero-order chi connectivity index (χ0) is 14.2. The van der Waals surface area contributed by atoms with Crippen molar-refractivity contribution in [2.24, 2.45) is 0 Å². The number of rotatable bonds is 2. The molecule has 4 nitrogen and oxygen atoms in total. The van der Waals surface area contributed by atoms with Crippen molar-refractivity contribution in [3.63, 3.8) is 0 Å². The molecule has 0 aromatic carbocycles. The monoisotopic (exact) mass is 295 g/mol. The van der Waals surface area contributed by atoms with Gasteiger partial charge in [0.1, 0.15) is 5.01 Å². The summed E-state index contributed by atoms with van der Waals surface area (Å²) in [5.74, 6) is 0. The van der Waals surface area contributed by atoms with E-state index >= 15 is 0 Å². The Balaban J connectivity index is 1.64. The standard InChI is InChI=1S/C15H25N3OS/c1-14(2,3)12-17-18-13(20-12)16-11-6-9-19-15(10-11)7-4-5-8-15/h11H,4-10H2,1-3H3,(H,16,18). The van der Waals surface area contributed by atoms with Crippen LogP contribution in [0.1, 0.15) is 64.3 Å². The molecule has 0 bridgehead atoms. The minimum Gasteiger partial charge on any atom is -0.375 e. The zero-order valence-corrected chi connectivity index (χ0v) is 13.6. The predicted octanol–water partition coefficient (Wildman–Crippen LogP) is 3.74. The van der Waals surface area contributed by atoms with Crippen molar-refractivity contribution in [1.29, 1.82) is 0 Å². The van der Waals surface area contributed by atoms with Crippen LogP contribution in [-0.2, 0) is 10.2 Å². The first-order valence-corrected chi connectivity index (χ1v) is 8.53. The van der Waals surface area contributed by atoms with Gasteiger partial charge in [0.2, 0.25) is 5.13 Å². The molecule has 112 valence electrons. The lowest BCUT2D eigenvalue weighted by molar-refractivity contribution is -0.0767. The quantitative estimate of drug-likeness (QED) is 0.903. The van der Waals surface area contributed by atoms with Gasteiger partial charge in [0.25, 0.3) is 0 Å². The fourth-order valence-corrected chi connectivity index (χ4v) is 4.16. The normalized spacial score (nSPS) is 26.1. The first kappa shape index (κ1) is 14.3. The number of anilines is 1. The average molecular weight is 295 g/mol. The molecule has 1 atom stereocenters. The third-order valence-corrected chi connectivity index (χ3v) is 5.68. The Kier molecular flexibility index (Phi) is 3.75. The maximum Gasteiger partial charge on any atom is 0.205 e. The summed E-state index contributed by atoms with van der Waals surface area (Å²) in [6, 6.07) is 0.489. The molecule has 20 heavy (non-hydrogen) atoms. The molecular weight excluding hydrogens is 270 g/mol. The molecule has 2 aliphatic rings. The number of nitrogens with zero attached hydrogens (tertiary/aromatic N) is 2. The van der Waals surface area contributed by atoms with E-state index in [2.05, 4.69) is 36.3 Å². The van der Waals surface area contributed by atoms with Crippen LogP contribution in [-0.4, -0.2) is 28.4 Å². The highest BCUT2D eigenvalue weighted by Gasteiger charge is 2.40. The number of hydrogen-bond acceptors (Lipinski definition) is 5. The molecule has 3 rings (SSSR count). The highest BCUT2D eigenvalue weighted by Crippen LogP contribution is 2.41. The average Bonchev–Trinajstić information content (AvgIpc) is 2.99. The van der Waals surface area contributed by atoms with Crippen molar-refractivity contribution in [2.75, 3.05) is 11.9 Å². The Hall–Kier alpha value is -0.680. The molecule has 0 amide bonds. The number of hydrogen-bond donors (Lipinski definition) is 1. The van der Waals surface area contributed by atoms with Crippen molar-refractivity contribution in [3.8, 4) is 0 Å². The van der Waals surface area contributed by atoms with Crippen LogP contribution >= 0.6 is 11.3 Å². The van der Waals surface area contributed by atoms with Gasteiger partial charge in [-0.3, -0.25) is 0 Å². The smallest absolute Gasteiger partial charge is 0.205 e. The molecule has 1 aliphatic carbocycles. The fourth-order valence-electron chi connectivity index (χ4n) is 3.28. The Morgan fingerprint density at radius 2 is 2.00 bits per heavy atom. The molecule has 1 aromatic heterocycles. The van der Waals surface area contributed by atoms with Gasteiger partial charge in [-0.1, -0.05) is 44.9 Å². The molecule has 2 fully saturated rings. The van der Waals surface area contributed by atoms with E-state index in [1.807, 2.05) is 0 Å². The van der Waals surface area contributed by atoms with Crippen molar-refractivity contribution in [3.05, 3.63) is 5.01 Å². The summed E-state index contributed by atoms with van der Waals surface area (Å²) in [6.07, 6.45) is 7.30. The van der Waals surface area contributed by atoms with E-state index in [1.165, 1.54) is 25.7 Å². The Bertz CT molecular complexity index is 460. The van der Waals surface area contributed by atoms with Crippen molar-refractivity contribution in [2.45, 2.75) is 76.4 Å². The van der Waals surface area contributed by atoms with Gasteiger partial charge in [0.15, 0.2) is 0 Å². The molecule has 1 unspecified atom stereocenters. The SMILES string of the molecule is CC(C)(C)c1nnc(NC2CCOC3(CCCC3)C2)s1. The summed E-state index contributed by atoms with van der Waals surface area (Å²) in [6.45, 7) is 7.42. The largest absolute Gasteiger partial charge is 0.375 e. The second-order valence-electron chi connectivity index (χ2n) is 7.24. The third-order valence-electron chi connectivity index (χ3n) is 4.40. The molecule has 0 radical (unpaired) electrons. The van der Waals surface area contributed by atoms with Crippen molar-refractivity contribution >= 4 is 16.5 Å². The van der Waals surface area contributed by atoms with Gasteiger partial charge >= 0.3 is 0 Å². The van der Waals surface area contributed by atoms with E-state index in [-0.39, 0.29) is 11.0 Å². The molecule has 1 spiro atoms. The van der Waals surface area contributed by atoms with Crippen LogP contribution in [0, 0.1) is 0 Å². The minimum atomic E-state index is 0.0833. The summed E-state index contributed by atoms with van der Waals surface area (Å²) < 4.78 is 6.08. The van der Waals surface area contributed by atoms with Crippen LogP contribution < -0.4 is 5.32 Å². The van der Waals surface area contributed by atoms with Crippen LogP contribution in [0.2, 0.25) is 0 Å². The molecule has 2 heterocycles. The third kappa shape index (κ3) is 2.98. The molecule has 1 aromatic rings. The lowest BCUT2D eigenvalue weighted by atomic mass is 9.89. The van der Waals surface area contributed by atoms with Gasteiger partial charge in [-0.15, -0.1) is 10.2 Å². The molecule has 1 N–H and O–H groups in total. The summed E-state index contributed by atoms with van der Waals surface area (Å²) in [5, 5.41) is 14.3. The van der Waals surface area contributed by atoms with E-state index in [9.17, 15) is 0 Å². The number of nitrogens with one attached hydrogen (secondary N) is 1. The van der Waals surface area contributed by atoms with E-state index in [0.717, 1.165) is 29.6 Å². The second kappa shape index (κ2) is 5.26. The zero-order valence-electron chi connectivity index (χ0n) is 12.7. The second-order valence-corrected chi connectivity index (χ2v) is 8.21. The van der Waals surface area contributed by atoms with Gasteiger partial charge in [0.05, 0.1) is 5.60 Å². The molecular formula is C15H25N3OS. The van der Waals surface area contributed by atoms with Crippen LogP contribution in [0.25, 0.3) is 0 Å². The highest BCUT2D eigenvalue weighted by molar-refractivity contribution is 7.15. The van der Waals surface area contributed by atoms with Crippen LogP contribution in [0.4, 0.5) is 5.13 Å². The van der Waals surface area contributed by atoms with Gasteiger partial charge in [-0.25, -0.2) is 0 Å². The van der Waals surface area contributed by atoms with Gasteiger partial charge < -0.3 is 10.1 Å². The summed E-state index contributed by atoms with van der Waals surface area (Å²) >= 11 is 1.69. The van der Waals surface area contributed by atoms with Gasteiger partial charge in [-0.2, -0.15) is 0 Å². The molecule has 1 saturated heterocycles.